The molecule has 0 amide bonds. The van der Waals surface area contributed by atoms with E-state index < -0.39 is 0 Å². The number of anilines is 1. The fourth-order valence-corrected chi connectivity index (χ4v) is 3.83. The zero-order valence-electron chi connectivity index (χ0n) is 14.8. The first-order chi connectivity index (χ1) is 11.6. The van der Waals surface area contributed by atoms with E-state index in [1.54, 1.807) is 0 Å². The quantitative estimate of drug-likeness (QED) is 0.795. The van der Waals surface area contributed by atoms with Crippen molar-refractivity contribution < 1.29 is 4.79 Å². The molecular weight excluding hydrogens is 296 g/mol. The highest BCUT2D eigenvalue weighted by molar-refractivity contribution is 5.78. The summed E-state index contributed by atoms with van der Waals surface area (Å²) in [7, 11) is 0. The number of carbonyl (C=O) groups is 1. The molecule has 0 radical (unpaired) electrons. The smallest absolute Gasteiger partial charge is 0.150 e. The van der Waals surface area contributed by atoms with Crippen LogP contribution in [0.5, 0.6) is 0 Å². The molecule has 126 valence electrons. The molecule has 1 atom stereocenters. The van der Waals surface area contributed by atoms with Crippen molar-refractivity contribution in [3.63, 3.8) is 0 Å². The maximum Gasteiger partial charge on any atom is 0.150 e. The van der Waals surface area contributed by atoms with E-state index in [0.29, 0.717) is 6.04 Å². The van der Waals surface area contributed by atoms with E-state index in [9.17, 15) is 4.79 Å². The van der Waals surface area contributed by atoms with Gasteiger partial charge in [-0.2, -0.15) is 0 Å². The highest BCUT2D eigenvalue weighted by Gasteiger charge is 2.23. The first-order valence-corrected chi connectivity index (χ1v) is 8.70. The monoisotopic (exact) mass is 322 g/mol. The Morgan fingerprint density at radius 3 is 2.08 bits per heavy atom. The number of benzene rings is 2. The van der Waals surface area contributed by atoms with Gasteiger partial charge in [0.1, 0.15) is 6.29 Å². The van der Waals surface area contributed by atoms with Crippen molar-refractivity contribution in [1.82, 2.24) is 4.90 Å². The maximum atomic E-state index is 11.0. The van der Waals surface area contributed by atoms with Crippen LogP contribution in [0.3, 0.4) is 0 Å². The summed E-state index contributed by atoms with van der Waals surface area (Å²) >= 11 is 0. The van der Waals surface area contributed by atoms with Gasteiger partial charge in [0.2, 0.25) is 0 Å². The Hall–Kier alpha value is -2.13. The third-order valence-corrected chi connectivity index (χ3v) is 5.11. The SMILES string of the molecule is Cc1cc(C=O)cc(C)c1N1CCN([C@H](C)c2ccccc2)CC1. The van der Waals surface area contributed by atoms with Crippen LogP contribution in [0.2, 0.25) is 0 Å². The van der Waals surface area contributed by atoms with Crippen molar-refractivity contribution in [2.24, 2.45) is 0 Å². The number of nitrogens with zero attached hydrogens (tertiary/aromatic N) is 2. The van der Waals surface area contributed by atoms with Crippen molar-refractivity contribution in [1.29, 1.82) is 0 Å². The Morgan fingerprint density at radius 1 is 0.958 bits per heavy atom. The van der Waals surface area contributed by atoms with Gasteiger partial charge in [0.25, 0.3) is 0 Å². The molecule has 0 spiro atoms. The van der Waals surface area contributed by atoms with Crippen LogP contribution in [-0.4, -0.2) is 37.4 Å². The summed E-state index contributed by atoms with van der Waals surface area (Å²) in [4.78, 5) is 16.0. The predicted molar refractivity (Wildman–Crippen MR) is 99.9 cm³/mol. The fraction of sp³-hybridized carbons (Fsp3) is 0.381. The molecule has 0 aromatic heterocycles. The molecule has 0 bridgehead atoms. The minimum atomic E-state index is 0.452. The summed E-state index contributed by atoms with van der Waals surface area (Å²) < 4.78 is 0. The molecule has 0 aliphatic carbocycles. The second-order valence-electron chi connectivity index (χ2n) is 6.73. The molecule has 1 fully saturated rings. The van der Waals surface area contributed by atoms with Crippen molar-refractivity contribution >= 4 is 12.0 Å². The zero-order chi connectivity index (χ0) is 17.1. The number of hydrogen-bond donors (Lipinski definition) is 0. The summed E-state index contributed by atoms with van der Waals surface area (Å²) in [6, 6.07) is 15.2. The van der Waals surface area contributed by atoms with Crippen LogP contribution in [0.4, 0.5) is 5.69 Å². The molecule has 1 saturated heterocycles. The predicted octanol–water partition coefficient (Wildman–Crippen LogP) is 4.00. The van der Waals surface area contributed by atoms with Gasteiger partial charge in [-0.15, -0.1) is 0 Å². The minimum Gasteiger partial charge on any atom is -0.369 e. The summed E-state index contributed by atoms with van der Waals surface area (Å²) in [5.41, 5.74) is 5.84. The topological polar surface area (TPSA) is 23.6 Å². The third kappa shape index (κ3) is 3.36. The van der Waals surface area contributed by atoms with Crippen molar-refractivity contribution in [2.45, 2.75) is 26.8 Å². The van der Waals surface area contributed by atoms with E-state index in [0.717, 1.165) is 38.0 Å². The average Bonchev–Trinajstić information content (AvgIpc) is 2.61. The number of carbonyl (C=O) groups excluding carboxylic acids is 1. The van der Waals surface area contributed by atoms with Crippen LogP contribution in [0.15, 0.2) is 42.5 Å². The van der Waals surface area contributed by atoms with Gasteiger partial charge in [0.15, 0.2) is 0 Å². The van der Waals surface area contributed by atoms with Crippen LogP contribution in [0, 0.1) is 13.8 Å². The molecule has 0 N–H and O–H groups in total. The van der Waals surface area contributed by atoms with Gasteiger partial charge in [-0.3, -0.25) is 9.69 Å². The molecular formula is C21H26N2O. The number of piperazine rings is 1. The van der Waals surface area contributed by atoms with Gasteiger partial charge in [-0.05, 0) is 49.6 Å². The molecule has 1 heterocycles. The molecule has 0 unspecified atom stereocenters. The van der Waals surface area contributed by atoms with Crippen LogP contribution in [-0.2, 0) is 0 Å². The Balaban J connectivity index is 1.70. The summed E-state index contributed by atoms with van der Waals surface area (Å²) in [5, 5.41) is 0. The van der Waals surface area contributed by atoms with Gasteiger partial charge >= 0.3 is 0 Å². The number of aldehydes is 1. The van der Waals surface area contributed by atoms with Crippen LogP contribution in [0.1, 0.15) is 40.0 Å². The van der Waals surface area contributed by atoms with E-state index in [1.165, 1.54) is 22.4 Å². The average molecular weight is 322 g/mol. The van der Waals surface area contributed by atoms with Crippen LogP contribution in [0.25, 0.3) is 0 Å². The van der Waals surface area contributed by atoms with E-state index in [2.05, 4.69) is 60.9 Å². The van der Waals surface area contributed by atoms with E-state index in [1.807, 2.05) is 12.1 Å². The van der Waals surface area contributed by atoms with Gasteiger partial charge in [0.05, 0.1) is 0 Å². The number of aryl methyl sites for hydroxylation is 2. The molecule has 1 aliphatic heterocycles. The fourth-order valence-electron chi connectivity index (χ4n) is 3.83. The first-order valence-electron chi connectivity index (χ1n) is 8.70. The lowest BCUT2D eigenvalue weighted by Gasteiger charge is -2.40. The Labute approximate surface area is 144 Å². The lowest BCUT2D eigenvalue weighted by atomic mass is 10.0. The maximum absolute atomic E-state index is 11.0. The lowest BCUT2D eigenvalue weighted by Crippen LogP contribution is -2.47. The second-order valence-corrected chi connectivity index (χ2v) is 6.73. The first kappa shape index (κ1) is 16.7. The Kier molecular flexibility index (Phi) is 5.00. The third-order valence-electron chi connectivity index (χ3n) is 5.11. The molecule has 2 aromatic carbocycles. The summed E-state index contributed by atoms with van der Waals surface area (Å²) in [6.07, 6.45) is 0.934. The largest absolute Gasteiger partial charge is 0.369 e. The lowest BCUT2D eigenvalue weighted by molar-refractivity contribution is 0.112. The summed E-state index contributed by atoms with van der Waals surface area (Å²) in [6.45, 7) is 10.7. The highest BCUT2D eigenvalue weighted by Crippen LogP contribution is 2.29. The Bertz CT molecular complexity index is 680. The van der Waals surface area contributed by atoms with Gasteiger partial charge in [0, 0.05) is 43.5 Å². The van der Waals surface area contributed by atoms with E-state index >= 15 is 0 Å². The van der Waals surface area contributed by atoms with Crippen molar-refractivity contribution in [2.75, 3.05) is 31.1 Å². The van der Waals surface area contributed by atoms with E-state index in [4.69, 9.17) is 0 Å². The van der Waals surface area contributed by atoms with Gasteiger partial charge in [-0.25, -0.2) is 0 Å². The molecule has 3 heteroatoms. The second kappa shape index (κ2) is 7.18. The van der Waals surface area contributed by atoms with Gasteiger partial charge < -0.3 is 4.90 Å². The highest BCUT2D eigenvalue weighted by atomic mass is 16.1. The zero-order valence-corrected chi connectivity index (χ0v) is 14.8. The summed E-state index contributed by atoms with van der Waals surface area (Å²) in [5.74, 6) is 0. The van der Waals surface area contributed by atoms with Crippen molar-refractivity contribution in [3.8, 4) is 0 Å². The normalized spacial score (nSPS) is 16.9. The molecule has 3 rings (SSSR count). The van der Waals surface area contributed by atoms with E-state index in [-0.39, 0.29) is 0 Å². The van der Waals surface area contributed by atoms with Gasteiger partial charge in [-0.1, -0.05) is 30.3 Å². The number of rotatable bonds is 4. The molecule has 3 nitrogen and oxygen atoms in total. The molecule has 24 heavy (non-hydrogen) atoms. The minimum absolute atomic E-state index is 0.452. The Morgan fingerprint density at radius 2 is 1.54 bits per heavy atom. The van der Waals surface area contributed by atoms with Crippen molar-refractivity contribution in [3.05, 3.63) is 64.7 Å². The molecule has 0 saturated carbocycles. The molecule has 2 aromatic rings. The molecule has 1 aliphatic rings. The number of hydrogen-bond acceptors (Lipinski definition) is 3. The standard InChI is InChI=1S/C21H26N2O/c1-16-13-19(15-24)14-17(2)21(16)23-11-9-22(10-12-23)18(3)20-7-5-4-6-8-20/h4-8,13-15,18H,9-12H2,1-3H3/t18-/m1/s1. The van der Waals surface area contributed by atoms with Crippen LogP contribution >= 0.6 is 0 Å². The van der Waals surface area contributed by atoms with Crippen LogP contribution < -0.4 is 4.90 Å².